The molecule has 2 aliphatic rings. The summed E-state index contributed by atoms with van der Waals surface area (Å²) in [5.41, 5.74) is 1.39. The molecular weight excluding hydrogens is 460 g/mol. The third-order valence-corrected chi connectivity index (χ3v) is 7.85. The molecule has 0 aliphatic carbocycles. The molecule has 3 heterocycles. The second-order valence-corrected chi connectivity index (χ2v) is 10.0. The van der Waals surface area contributed by atoms with Crippen LogP contribution in [0.25, 0.3) is 10.2 Å². The van der Waals surface area contributed by atoms with Gasteiger partial charge >= 0.3 is 0 Å². The quantitative estimate of drug-likeness (QED) is 0.561. The van der Waals surface area contributed by atoms with Crippen LogP contribution in [-0.2, 0) is 14.4 Å². The summed E-state index contributed by atoms with van der Waals surface area (Å²) in [6, 6.07) is 12.9. The van der Waals surface area contributed by atoms with E-state index < -0.39 is 5.25 Å². The van der Waals surface area contributed by atoms with Crippen molar-refractivity contribution in [2.75, 3.05) is 37.0 Å². The molecule has 5 rings (SSSR count). The van der Waals surface area contributed by atoms with Gasteiger partial charge in [-0.25, -0.2) is 4.98 Å². The second kappa shape index (κ2) is 9.03. The number of para-hydroxylation sites is 1. The Balaban J connectivity index is 1.36. The van der Waals surface area contributed by atoms with Crippen molar-refractivity contribution < 1.29 is 19.1 Å². The van der Waals surface area contributed by atoms with E-state index in [9.17, 15) is 14.4 Å². The van der Waals surface area contributed by atoms with Gasteiger partial charge in [0, 0.05) is 18.0 Å². The number of nitrogens with zero attached hydrogens (tertiary/aromatic N) is 3. The number of anilines is 2. The molecule has 0 bridgehead atoms. The second-order valence-electron chi connectivity index (χ2n) is 7.82. The van der Waals surface area contributed by atoms with E-state index in [1.165, 1.54) is 28.0 Å². The molecule has 1 atom stereocenters. The Morgan fingerprint density at radius 3 is 2.76 bits per heavy atom. The number of hydrogen-bond acceptors (Lipinski definition) is 7. The number of methoxy groups -OCH3 is 1. The summed E-state index contributed by atoms with van der Waals surface area (Å²) in [6.07, 6.45) is 1.90. The largest absolute Gasteiger partial charge is 0.497 e. The average molecular weight is 483 g/mol. The van der Waals surface area contributed by atoms with Crippen LogP contribution < -0.4 is 15.0 Å². The van der Waals surface area contributed by atoms with Gasteiger partial charge in [0.1, 0.15) is 12.3 Å². The summed E-state index contributed by atoms with van der Waals surface area (Å²) in [5.74, 6) is -0.198. The number of ether oxygens (including phenoxy) is 1. The van der Waals surface area contributed by atoms with Crippen LogP contribution in [0.1, 0.15) is 12.8 Å². The van der Waals surface area contributed by atoms with Crippen LogP contribution in [0.15, 0.2) is 47.4 Å². The minimum atomic E-state index is -0.874. The fourth-order valence-corrected chi connectivity index (χ4v) is 6.13. The van der Waals surface area contributed by atoms with Gasteiger partial charge in [0.05, 0.1) is 23.0 Å². The molecule has 170 valence electrons. The highest BCUT2D eigenvalue weighted by atomic mass is 32.2. The van der Waals surface area contributed by atoms with Crippen molar-refractivity contribution in [3.05, 3.63) is 42.5 Å². The van der Waals surface area contributed by atoms with Crippen LogP contribution in [0.2, 0.25) is 0 Å². The first-order chi connectivity index (χ1) is 16.0. The lowest BCUT2D eigenvalue weighted by molar-refractivity contribution is -0.134. The van der Waals surface area contributed by atoms with Crippen LogP contribution in [0.4, 0.5) is 10.8 Å². The third-order valence-electron chi connectivity index (χ3n) is 5.68. The van der Waals surface area contributed by atoms with E-state index in [1.54, 1.807) is 18.1 Å². The Kier molecular flexibility index (Phi) is 5.94. The molecule has 1 fully saturated rings. The number of carbonyl (C=O) groups excluding carboxylic acids is 3. The normalized spacial score (nSPS) is 17.8. The molecule has 1 unspecified atom stereocenters. The lowest BCUT2D eigenvalue weighted by Gasteiger charge is -2.34. The van der Waals surface area contributed by atoms with Crippen molar-refractivity contribution in [2.24, 2.45) is 0 Å². The monoisotopic (exact) mass is 482 g/mol. The van der Waals surface area contributed by atoms with Crippen molar-refractivity contribution in [1.29, 1.82) is 0 Å². The van der Waals surface area contributed by atoms with Gasteiger partial charge in [0.2, 0.25) is 11.8 Å². The van der Waals surface area contributed by atoms with Gasteiger partial charge < -0.3 is 19.9 Å². The minimum absolute atomic E-state index is 0.178. The molecule has 10 heteroatoms. The van der Waals surface area contributed by atoms with Crippen molar-refractivity contribution in [1.82, 2.24) is 9.88 Å². The van der Waals surface area contributed by atoms with Crippen molar-refractivity contribution >= 4 is 61.9 Å². The molecular formula is C23H22N4O4S2. The molecule has 0 spiro atoms. The van der Waals surface area contributed by atoms with E-state index in [4.69, 9.17) is 4.74 Å². The fourth-order valence-electron chi connectivity index (χ4n) is 4.03. The maximum Gasteiger partial charge on any atom is 0.250 e. The van der Waals surface area contributed by atoms with E-state index in [2.05, 4.69) is 10.3 Å². The average Bonchev–Trinajstić information content (AvgIpc) is 3.49. The number of carbonyl (C=O) groups is 3. The third kappa shape index (κ3) is 4.28. The first-order valence-corrected chi connectivity index (χ1v) is 12.3. The predicted octanol–water partition coefficient (Wildman–Crippen LogP) is 3.37. The highest BCUT2D eigenvalue weighted by Crippen LogP contribution is 2.40. The summed E-state index contributed by atoms with van der Waals surface area (Å²) in [4.78, 5) is 47.7. The number of rotatable bonds is 5. The van der Waals surface area contributed by atoms with Gasteiger partial charge in [-0.05, 0) is 43.2 Å². The molecule has 0 saturated carbocycles. The Morgan fingerprint density at radius 2 is 1.97 bits per heavy atom. The number of amides is 3. The van der Waals surface area contributed by atoms with Gasteiger partial charge in [-0.3, -0.25) is 14.4 Å². The fraction of sp³-hybridized carbons (Fsp3) is 0.304. The standard InChI is InChI=1S/C23H22N4O4S2/c1-31-14-8-9-15-18(12-14)33-23(24-15)25-19(28)13-27-16-6-2-3-7-17(16)32-20(22(27)30)21(29)26-10-4-5-11-26/h2-3,6-9,12,20H,4-5,10-11,13H2,1H3,(H,24,25,28). The highest BCUT2D eigenvalue weighted by Gasteiger charge is 2.41. The van der Waals surface area contributed by atoms with Crippen LogP contribution in [0.3, 0.4) is 0 Å². The summed E-state index contributed by atoms with van der Waals surface area (Å²) in [7, 11) is 1.60. The number of hydrogen-bond donors (Lipinski definition) is 1. The summed E-state index contributed by atoms with van der Waals surface area (Å²) in [5, 5.41) is 2.37. The maximum atomic E-state index is 13.3. The summed E-state index contributed by atoms with van der Waals surface area (Å²) >= 11 is 2.60. The van der Waals surface area contributed by atoms with Gasteiger partial charge in [-0.2, -0.15) is 0 Å². The molecule has 3 amide bonds. The molecule has 1 aromatic heterocycles. The number of thiazole rings is 1. The Bertz CT molecular complexity index is 1240. The first kappa shape index (κ1) is 21.7. The Morgan fingerprint density at radius 1 is 1.18 bits per heavy atom. The predicted molar refractivity (Wildman–Crippen MR) is 129 cm³/mol. The topological polar surface area (TPSA) is 91.8 Å². The van der Waals surface area contributed by atoms with Crippen molar-refractivity contribution in [3.63, 3.8) is 0 Å². The number of thioether (sulfide) groups is 1. The van der Waals surface area contributed by atoms with Crippen LogP contribution in [0, 0.1) is 0 Å². The number of likely N-dealkylation sites (tertiary alicyclic amines) is 1. The zero-order valence-corrected chi connectivity index (χ0v) is 19.6. The molecule has 3 aromatic rings. The number of fused-ring (bicyclic) bond motifs is 2. The van der Waals surface area contributed by atoms with E-state index in [0.29, 0.717) is 29.7 Å². The minimum Gasteiger partial charge on any atom is -0.497 e. The lowest BCUT2D eigenvalue weighted by Crippen LogP contribution is -2.51. The van der Waals surface area contributed by atoms with Gasteiger partial charge in [0.15, 0.2) is 10.4 Å². The first-order valence-electron chi connectivity index (χ1n) is 10.6. The molecule has 1 N–H and O–H groups in total. The Labute approximate surface area is 198 Å². The molecule has 8 nitrogen and oxygen atoms in total. The zero-order chi connectivity index (χ0) is 22.9. The van der Waals surface area contributed by atoms with Crippen molar-refractivity contribution in [2.45, 2.75) is 23.0 Å². The van der Waals surface area contributed by atoms with Crippen LogP contribution >= 0.6 is 23.1 Å². The van der Waals surface area contributed by atoms with Gasteiger partial charge in [0.25, 0.3) is 5.91 Å². The van der Waals surface area contributed by atoms with Gasteiger partial charge in [-0.1, -0.05) is 23.5 Å². The number of aromatic nitrogens is 1. The molecule has 33 heavy (non-hydrogen) atoms. The zero-order valence-electron chi connectivity index (χ0n) is 17.9. The molecule has 2 aromatic carbocycles. The summed E-state index contributed by atoms with van der Waals surface area (Å²) in [6.45, 7) is 1.15. The number of nitrogens with one attached hydrogen (secondary N) is 1. The molecule has 2 aliphatic heterocycles. The van der Waals surface area contributed by atoms with E-state index >= 15 is 0 Å². The SMILES string of the molecule is COc1ccc2nc(NC(=O)CN3C(=O)C(C(=O)N4CCCC4)Sc4ccccc43)sc2c1. The summed E-state index contributed by atoms with van der Waals surface area (Å²) < 4.78 is 6.12. The van der Waals surface area contributed by atoms with E-state index in [-0.39, 0.29) is 24.3 Å². The van der Waals surface area contributed by atoms with Gasteiger partial charge in [-0.15, -0.1) is 11.8 Å². The van der Waals surface area contributed by atoms with Crippen LogP contribution in [-0.4, -0.2) is 59.6 Å². The molecule has 1 saturated heterocycles. The Hall–Kier alpha value is -3.11. The molecule has 0 radical (unpaired) electrons. The van der Waals surface area contributed by atoms with Crippen LogP contribution in [0.5, 0.6) is 5.75 Å². The maximum absolute atomic E-state index is 13.3. The smallest absolute Gasteiger partial charge is 0.250 e. The van der Waals surface area contributed by atoms with Crippen molar-refractivity contribution in [3.8, 4) is 5.75 Å². The lowest BCUT2D eigenvalue weighted by atomic mass is 10.2. The number of benzene rings is 2. The van der Waals surface area contributed by atoms with E-state index in [0.717, 1.165) is 28.0 Å². The van der Waals surface area contributed by atoms with E-state index in [1.807, 2.05) is 36.4 Å². The highest BCUT2D eigenvalue weighted by molar-refractivity contribution is 8.01.